The molecule has 18 heavy (non-hydrogen) atoms. The van der Waals surface area contributed by atoms with Gasteiger partial charge in [0.2, 0.25) is 0 Å². The van der Waals surface area contributed by atoms with Crippen molar-refractivity contribution in [1.29, 1.82) is 0 Å². The fourth-order valence-corrected chi connectivity index (χ4v) is 1.16. The molecule has 0 bridgehead atoms. The zero-order valence-corrected chi connectivity index (χ0v) is 10.2. The zero-order valence-electron chi connectivity index (χ0n) is 10.2. The van der Waals surface area contributed by atoms with Crippen molar-refractivity contribution in [1.82, 2.24) is 4.98 Å². The van der Waals surface area contributed by atoms with E-state index in [2.05, 4.69) is 15.6 Å². The lowest BCUT2D eigenvalue weighted by molar-refractivity contribution is 0.166. The number of nitrogens with zero attached hydrogens (tertiary/aromatic N) is 1. The molecule has 98 valence electrons. The highest BCUT2D eigenvalue weighted by Gasteiger charge is 2.10. The second-order valence-corrected chi connectivity index (χ2v) is 3.11. The van der Waals surface area contributed by atoms with Crippen molar-refractivity contribution >= 4 is 23.6 Å². The molecule has 0 aliphatic carbocycles. The first-order chi connectivity index (χ1) is 8.67. The van der Waals surface area contributed by atoms with E-state index in [1.54, 1.807) is 19.9 Å². The van der Waals surface area contributed by atoms with Gasteiger partial charge in [0.25, 0.3) is 0 Å². The molecule has 0 aliphatic heterocycles. The van der Waals surface area contributed by atoms with Gasteiger partial charge in [0.1, 0.15) is 0 Å². The van der Waals surface area contributed by atoms with Crippen molar-refractivity contribution in [2.45, 2.75) is 13.8 Å². The molecule has 1 rings (SSSR count). The van der Waals surface area contributed by atoms with Crippen LogP contribution in [-0.4, -0.2) is 30.4 Å². The molecule has 0 saturated carbocycles. The number of nitrogens with one attached hydrogen (secondary N) is 2. The zero-order chi connectivity index (χ0) is 13.4. The molecular formula is C11H15N3O4. The molecule has 0 aromatic carbocycles. The lowest BCUT2D eigenvalue weighted by Gasteiger charge is -2.11. The molecule has 7 nitrogen and oxygen atoms in total. The predicted octanol–water partition coefficient (Wildman–Crippen LogP) is 2.22. The lowest BCUT2D eigenvalue weighted by atomic mass is 10.3. The van der Waals surface area contributed by atoms with Gasteiger partial charge >= 0.3 is 12.2 Å². The van der Waals surface area contributed by atoms with Crippen LogP contribution >= 0.6 is 0 Å². The van der Waals surface area contributed by atoms with Crippen LogP contribution in [0.1, 0.15) is 13.8 Å². The van der Waals surface area contributed by atoms with E-state index in [9.17, 15) is 9.59 Å². The van der Waals surface area contributed by atoms with Gasteiger partial charge in [-0.05, 0) is 19.9 Å². The van der Waals surface area contributed by atoms with E-state index in [4.69, 9.17) is 9.47 Å². The Labute approximate surface area is 104 Å². The van der Waals surface area contributed by atoms with Gasteiger partial charge in [-0.25, -0.2) is 9.59 Å². The molecule has 0 fully saturated rings. The minimum Gasteiger partial charge on any atom is -0.450 e. The summed E-state index contributed by atoms with van der Waals surface area (Å²) in [6.07, 6.45) is 1.67. The van der Waals surface area contributed by atoms with Crippen LogP contribution in [0.4, 0.5) is 21.0 Å². The highest BCUT2D eigenvalue weighted by Crippen LogP contribution is 2.19. The molecule has 0 aliphatic rings. The van der Waals surface area contributed by atoms with Crippen molar-refractivity contribution in [3.05, 3.63) is 18.5 Å². The Morgan fingerprint density at radius 3 is 2.22 bits per heavy atom. The van der Waals surface area contributed by atoms with Crippen LogP contribution in [0.25, 0.3) is 0 Å². The largest absolute Gasteiger partial charge is 0.450 e. The van der Waals surface area contributed by atoms with E-state index >= 15 is 0 Å². The summed E-state index contributed by atoms with van der Waals surface area (Å²) in [7, 11) is 0. The number of hydrogen-bond donors (Lipinski definition) is 2. The quantitative estimate of drug-likeness (QED) is 0.858. The summed E-state index contributed by atoms with van der Waals surface area (Å²) in [6, 6.07) is 1.54. The second-order valence-electron chi connectivity index (χ2n) is 3.11. The van der Waals surface area contributed by atoms with Crippen molar-refractivity contribution in [2.75, 3.05) is 23.8 Å². The molecule has 0 unspecified atom stereocenters. The molecule has 2 N–H and O–H groups in total. The highest BCUT2D eigenvalue weighted by atomic mass is 16.6. The van der Waals surface area contributed by atoms with Crippen LogP contribution in [0.3, 0.4) is 0 Å². The van der Waals surface area contributed by atoms with Gasteiger partial charge in [-0.15, -0.1) is 0 Å². The molecular weight excluding hydrogens is 238 g/mol. The first kappa shape index (κ1) is 13.8. The Morgan fingerprint density at radius 1 is 1.11 bits per heavy atom. The van der Waals surface area contributed by atoms with E-state index < -0.39 is 12.2 Å². The van der Waals surface area contributed by atoms with Gasteiger partial charge in [0.05, 0.1) is 30.8 Å². The standard InChI is InChI=1S/C11H15N3O4/c1-3-17-10(15)13-8-5-6-12-7-9(8)14-11(16)18-4-2/h5-7H,3-4H2,1-2H3,(H,14,16)(H,12,13,15). The summed E-state index contributed by atoms with van der Waals surface area (Å²) in [4.78, 5) is 26.4. The van der Waals surface area contributed by atoms with Crippen molar-refractivity contribution in [3.8, 4) is 0 Å². The van der Waals surface area contributed by atoms with E-state index in [0.29, 0.717) is 11.4 Å². The summed E-state index contributed by atoms with van der Waals surface area (Å²) >= 11 is 0. The average molecular weight is 253 g/mol. The summed E-state index contributed by atoms with van der Waals surface area (Å²) in [5.41, 5.74) is 0.723. The van der Waals surface area contributed by atoms with E-state index in [1.165, 1.54) is 12.4 Å². The average Bonchev–Trinajstić information content (AvgIpc) is 2.32. The van der Waals surface area contributed by atoms with E-state index in [1.807, 2.05) is 0 Å². The summed E-state index contributed by atoms with van der Waals surface area (Å²) in [6.45, 7) is 3.91. The number of hydrogen-bond acceptors (Lipinski definition) is 5. The molecule has 0 atom stereocenters. The number of aromatic nitrogens is 1. The van der Waals surface area contributed by atoms with Crippen LogP contribution in [0, 0.1) is 0 Å². The fraction of sp³-hybridized carbons (Fsp3) is 0.364. The van der Waals surface area contributed by atoms with Gasteiger partial charge in [-0.3, -0.25) is 15.6 Å². The Bertz CT molecular complexity index is 384. The Kier molecular flexibility index (Phi) is 5.43. The number of pyridine rings is 1. The van der Waals surface area contributed by atoms with Gasteiger partial charge < -0.3 is 9.47 Å². The third-order valence-corrected chi connectivity index (χ3v) is 1.85. The molecule has 0 spiro atoms. The van der Waals surface area contributed by atoms with Gasteiger partial charge in [0, 0.05) is 6.20 Å². The number of amides is 2. The second kappa shape index (κ2) is 7.10. The lowest BCUT2D eigenvalue weighted by Crippen LogP contribution is -2.18. The molecule has 7 heteroatoms. The number of carbonyl (C=O) groups excluding carboxylic acids is 2. The molecule has 1 aromatic heterocycles. The SMILES string of the molecule is CCOC(=O)Nc1ccncc1NC(=O)OCC. The summed E-state index contributed by atoms with van der Waals surface area (Å²) in [5.74, 6) is 0. The van der Waals surface area contributed by atoms with Gasteiger partial charge in [-0.1, -0.05) is 0 Å². The smallest absolute Gasteiger partial charge is 0.411 e. The molecule has 1 heterocycles. The third kappa shape index (κ3) is 4.28. The first-order valence-electron chi connectivity index (χ1n) is 5.49. The topological polar surface area (TPSA) is 89.5 Å². The number of carbonyl (C=O) groups is 2. The first-order valence-corrected chi connectivity index (χ1v) is 5.49. The summed E-state index contributed by atoms with van der Waals surface area (Å²) < 4.78 is 9.47. The third-order valence-electron chi connectivity index (χ3n) is 1.85. The van der Waals surface area contributed by atoms with Crippen LogP contribution in [-0.2, 0) is 9.47 Å². The van der Waals surface area contributed by atoms with Crippen molar-refractivity contribution in [3.63, 3.8) is 0 Å². The molecule has 0 radical (unpaired) electrons. The highest BCUT2D eigenvalue weighted by molar-refractivity contribution is 5.94. The molecule has 1 aromatic rings. The predicted molar refractivity (Wildman–Crippen MR) is 65.5 cm³/mol. The van der Waals surface area contributed by atoms with Crippen LogP contribution < -0.4 is 10.6 Å². The number of ether oxygens (including phenoxy) is 2. The Hall–Kier alpha value is -2.31. The minimum absolute atomic E-state index is 0.257. The number of rotatable bonds is 4. The maximum atomic E-state index is 11.3. The minimum atomic E-state index is -0.614. The Balaban J connectivity index is 2.73. The van der Waals surface area contributed by atoms with Crippen LogP contribution in [0.2, 0.25) is 0 Å². The van der Waals surface area contributed by atoms with Gasteiger partial charge in [-0.2, -0.15) is 0 Å². The molecule has 2 amide bonds. The maximum Gasteiger partial charge on any atom is 0.411 e. The van der Waals surface area contributed by atoms with Gasteiger partial charge in [0.15, 0.2) is 0 Å². The van der Waals surface area contributed by atoms with Crippen molar-refractivity contribution in [2.24, 2.45) is 0 Å². The monoisotopic (exact) mass is 253 g/mol. The Morgan fingerprint density at radius 2 is 1.67 bits per heavy atom. The van der Waals surface area contributed by atoms with Crippen molar-refractivity contribution < 1.29 is 19.1 Å². The normalized spacial score (nSPS) is 9.44. The molecule has 0 saturated heterocycles. The van der Waals surface area contributed by atoms with E-state index in [0.717, 1.165) is 0 Å². The van der Waals surface area contributed by atoms with Crippen LogP contribution in [0.15, 0.2) is 18.5 Å². The van der Waals surface area contributed by atoms with E-state index in [-0.39, 0.29) is 13.2 Å². The number of anilines is 2. The van der Waals surface area contributed by atoms with Crippen LogP contribution in [0.5, 0.6) is 0 Å². The maximum absolute atomic E-state index is 11.3. The summed E-state index contributed by atoms with van der Waals surface area (Å²) in [5, 5.41) is 4.95. The fourth-order valence-electron chi connectivity index (χ4n) is 1.16.